The number of nitrogens with two attached hydrogens (primary N) is 1. The van der Waals surface area contributed by atoms with Crippen LogP contribution in [0.3, 0.4) is 0 Å². The third-order valence-corrected chi connectivity index (χ3v) is 8.20. The maximum Gasteiger partial charge on any atom is 0.352 e. The molecule has 0 aliphatic carbocycles. The fourth-order valence-corrected chi connectivity index (χ4v) is 6.33. The van der Waals surface area contributed by atoms with Crippen molar-refractivity contribution in [3.05, 3.63) is 58.8 Å². The van der Waals surface area contributed by atoms with Crippen LogP contribution in [0.2, 0.25) is 0 Å². The van der Waals surface area contributed by atoms with Crippen molar-refractivity contribution in [1.29, 1.82) is 0 Å². The van der Waals surface area contributed by atoms with Gasteiger partial charge in [-0.05, 0) is 19.1 Å². The van der Waals surface area contributed by atoms with Crippen molar-refractivity contribution in [3.8, 4) is 0 Å². The number of hydrogen-bond donors (Lipinski definition) is 3. The van der Waals surface area contributed by atoms with Crippen molar-refractivity contribution in [3.63, 3.8) is 0 Å². The first-order valence-electron chi connectivity index (χ1n) is 11.8. The van der Waals surface area contributed by atoms with Crippen molar-refractivity contribution in [2.45, 2.75) is 31.8 Å². The summed E-state index contributed by atoms with van der Waals surface area (Å²) < 4.78 is 3.56. The minimum absolute atomic E-state index is 0.0664. The number of hydrogen-bond acceptors (Lipinski definition) is 10. The fourth-order valence-electron chi connectivity index (χ4n) is 4.45. The van der Waals surface area contributed by atoms with Crippen LogP contribution >= 0.6 is 23.1 Å². The van der Waals surface area contributed by atoms with Crippen LogP contribution in [0.1, 0.15) is 30.0 Å². The Kier molecular flexibility index (Phi) is 7.10. The monoisotopic (exact) mass is 570 g/mol. The number of carbonyl (C=O) groups excluding carboxylic acids is 3. The zero-order valence-corrected chi connectivity index (χ0v) is 22.5. The summed E-state index contributed by atoms with van der Waals surface area (Å²) in [6.45, 7) is 3.64. The van der Waals surface area contributed by atoms with Gasteiger partial charge in [0.15, 0.2) is 35.6 Å². The maximum atomic E-state index is 13.1. The average Bonchev–Trinajstić information content (AvgIpc) is 3.53. The Hall–Kier alpha value is -4.24. The second-order valence-corrected chi connectivity index (χ2v) is 10.7. The number of carbonyl (C=O) groups is 4. The number of thioether (sulfide) groups is 1. The number of anilines is 1. The van der Waals surface area contributed by atoms with Crippen molar-refractivity contribution in [2.75, 3.05) is 18.1 Å². The molecular weight excluding hydrogens is 546 g/mol. The molecule has 15 heteroatoms. The number of thiazole rings is 1. The third-order valence-electron chi connectivity index (χ3n) is 6.19. The van der Waals surface area contributed by atoms with Crippen LogP contribution in [0.4, 0.5) is 5.13 Å². The molecule has 3 aromatic heterocycles. The number of β-lactam (4-membered cyclic amide) rings is 1. The molecular formula is C24H24N7O6S2+. The molecule has 0 radical (unpaired) electrons. The van der Waals surface area contributed by atoms with Gasteiger partial charge in [0.2, 0.25) is 0 Å². The van der Waals surface area contributed by atoms with E-state index in [2.05, 4.69) is 15.5 Å². The lowest BCUT2D eigenvalue weighted by Gasteiger charge is -2.49. The van der Waals surface area contributed by atoms with E-state index >= 15 is 0 Å². The zero-order chi connectivity index (χ0) is 27.8. The topological polar surface area (TPSA) is 173 Å². The average molecular weight is 571 g/mol. The van der Waals surface area contributed by atoms with Crippen LogP contribution in [0, 0.1) is 0 Å². The first-order chi connectivity index (χ1) is 18.7. The van der Waals surface area contributed by atoms with Gasteiger partial charge in [-0.2, -0.15) is 4.57 Å². The Labute approximate surface area is 229 Å². The van der Waals surface area contributed by atoms with Crippen LogP contribution < -0.4 is 15.6 Å². The molecule has 0 saturated carbocycles. The molecule has 202 valence electrons. The standard InChI is InChI=1S/C24H23N7O6S2/c1-3-37-28-17(15-11-39-24(25)26-15)20(33)27-18-21(34)31-19(23(35)36)13(10-38-22(18)31)8-29-6-7-30-14(9-29)4-5-16(30)12(2)32/h4-7,9,11,18,22H,3,8,10H2,1-2H3,(H3-,25,26,27,33,35,36)/p+1/t18-,22+/m1/s1. The zero-order valence-electron chi connectivity index (χ0n) is 20.9. The highest BCUT2D eigenvalue weighted by molar-refractivity contribution is 8.00. The van der Waals surface area contributed by atoms with Gasteiger partial charge in [-0.1, -0.05) is 5.16 Å². The van der Waals surface area contributed by atoms with E-state index in [1.54, 1.807) is 52.0 Å². The quantitative estimate of drug-likeness (QED) is 0.110. The van der Waals surface area contributed by atoms with Crippen LogP contribution in [-0.2, 0) is 25.8 Å². The lowest BCUT2D eigenvalue weighted by molar-refractivity contribution is -0.688. The molecule has 2 aliphatic heterocycles. The second kappa shape index (κ2) is 10.5. The normalized spacial score (nSPS) is 19.1. The molecule has 0 aromatic carbocycles. The molecule has 0 unspecified atom stereocenters. The number of fused-ring (bicyclic) bond motifs is 2. The predicted octanol–water partition coefficient (Wildman–Crippen LogP) is 0.648. The molecule has 1 fully saturated rings. The smallest absolute Gasteiger partial charge is 0.352 e. The Balaban J connectivity index is 1.36. The van der Waals surface area contributed by atoms with E-state index in [9.17, 15) is 24.3 Å². The molecule has 2 amide bonds. The van der Waals surface area contributed by atoms with Gasteiger partial charge in [0.05, 0.1) is 11.9 Å². The number of aliphatic carboxylic acids is 1. The number of nitrogen functional groups attached to an aromatic ring is 1. The number of aromatic nitrogens is 3. The number of ketones is 1. The van der Waals surface area contributed by atoms with E-state index in [1.165, 1.54) is 23.6 Å². The van der Waals surface area contributed by atoms with Crippen molar-refractivity contribution < 1.29 is 33.7 Å². The molecule has 0 bridgehead atoms. The van der Waals surface area contributed by atoms with E-state index in [-0.39, 0.29) is 41.2 Å². The van der Waals surface area contributed by atoms with Crippen LogP contribution in [-0.4, -0.2) is 72.4 Å². The van der Waals surface area contributed by atoms with Crippen LogP contribution in [0.5, 0.6) is 0 Å². The first kappa shape index (κ1) is 26.4. The summed E-state index contributed by atoms with van der Waals surface area (Å²) in [6.07, 6.45) is 5.29. The number of rotatable bonds is 9. The van der Waals surface area contributed by atoms with Gasteiger partial charge in [-0.25, -0.2) is 9.78 Å². The molecule has 5 rings (SSSR count). The van der Waals surface area contributed by atoms with Crippen LogP contribution in [0.25, 0.3) is 5.52 Å². The van der Waals surface area contributed by atoms with E-state index in [4.69, 9.17) is 10.6 Å². The van der Waals surface area contributed by atoms with Crippen molar-refractivity contribution in [2.24, 2.45) is 5.16 Å². The van der Waals surface area contributed by atoms with Gasteiger partial charge in [-0.3, -0.25) is 19.3 Å². The summed E-state index contributed by atoms with van der Waals surface area (Å²) >= 11 is 2.49. The number of Topliss-reactive ketones (excluding diaryl/α,β-unsaturated/α-hetero) is 1. The molecule has 0 spiro atoms. The lowest BCUT2D eigenvalue weighted by atomic mass is 10.0. The summed E-state index contributed by atoms with van der Waals surface area (Å²) in [5.74, 6) is -2.18. The van der Waals surface area contributed by atoms with E-state index in [0.717, 1.165) is 16.9 Å². The Bertz CT molecular complexity index is 1580. The van der Waals surface area contributed by atoms with E-state index in [1.807, 2.05) is 0 Å². The van der Waals surface area contributed by atoms with Gasteiger partial charge >= 0.3 is 5.97 Å². The molecule has 13 nitrogen and oxygen atoms in total. The summed E-state index contributed by atoms with van der Waals surface area (Å²) in [5.41, 5.74) is 7.54. The summed E-state index contributed by atoms with van der Waals surface area (Å²) in [4.78, 5) is 60.5. The fraction of sp³-hybridized carbons (Fsp3) is 0.292. The van der Waals surface area contributed by atoms with E-state index in [0.29, 0.717) is 17.0 Å². The SMILES string of the molecule is CCON=C(C(=O)N[C@@H]1C(=O)N2C(C(=O)O)=C(C[n+]3ccn4c(C(C)=O)ccc4c3)CS[C@@H]12)c1csc(N)n1. The van der Waals surface area contributed by atoms with Gasteiger partial charge in [-0.15, -0.1) is 23.1 Å². The molecule has 2 atom stereocenters. The number of nitrogens with zero attached hydrogens (tertiary/aromatic N) is 5. The number of carboxylic acid groups (broad SMARTS) is 1. The summed E-state index contributed by atoms with van der Waals surface area (Å²) in [6, 6.07) is 2.59. The first-order valence-corrected chi connectivity index (χ1v) is 13.8. The minimum Gasteiger partial charge on any atom is -0.477 e. The van der Waals surface area contributed by atoms with Crippen molar-refractivity contribution >= 4 is 63.0 Å². The Morgan fingerprint density at radius 1 is 1.36 bits per heavy atom. The molecule has 1 saturated heterocycles. The van der Waals surface area contributed by atoms with Crippen molar-refractivity contribution in [1.82, 2.24) is 19.6 Å². The highest BCUT2D eigenvalue weighted by Gasteiger charge is 2.54. The number of oxime groups is 1. The summed E-state index contributed by atoms with van der Waals surface area (Å²) in [7, 11) is 0. The van der Waals surface area contributed by atoms with Gasteiger partial charge in [0, 0.05) is 23.6 Å². The lowest BCUT2D eigenvalue weighted by Crippen LogP contribution is -2.71. The molecule has 2 aliphatic rings. The highest BCUT2D eigenvalue weighted by atomic mass is 32.2. The number of amides is 2. The van der Waals surface area contributed by atoms with Gasteiger partial charge < -0.3 is 25.4 Å². The van der Waals surface area contributed by atoms with Crippen LogP contribution in [0.15, 0.2) is 52.5 Å². The van der Waals surface area contributed by atoms with Gasteiger partial charge in [0.1, 0.15) is 34.9 Å². The van der Waals surface area contributed by atoms with E-state index < -0.39 is 29.2 Å². The Morgan fingerprint density at radius 3 is 2.82 bits per heavy atom. The molecule has 4 N–H and O–H groups in total. The minimum atomic E-state index is -1.23. The third kappa shape index (κ3) is 4.85. The molecule has 3 aromatic rings. The molecule has 39 heavy (non-hydrogen) atoms. The second-order valence-electron chi connectivity index (χ2n) is 8.72. The van der Waals surface area contributed by atoms with Gasteiger partial charge in [0.25, 0.3) is 11.8 Å². The largest absolute Gasteiger partial charge is 0.477 e. The molecule has 5 heterocycles. The maximum absolute atomic E-state index is 13.1. The summed E-state index contributed by atoms with van der Waals surface area (Å²) in [5, 5.41) is 17.7. The number of carboxylic acids is 1. The number of nitrogens with one attached hydrogen (secondary N) is 1. The highest BCUT2D eigenvalue weighted by Crippen LogP contribution is 2.40. The predicted molar refractivity (Wildman–Crippen MR) is 142 cm³/mol. The Morgan fingerprint density at radius 2 is 2.15 bits per heavy atom.